The third-order valence-electron chi connectivity index (χ3n) is 2.97. The molecule has 0 amide bonds. The third-order valence-corrected chi connectivity index (χ3v) is 2.97. The van der Waals surface area contributed by atoms with Crippen LogP contribution in [0.5, 0.6) is 5.75 Å². The van der Waals surface area contributed by atoms with Gasteiger partial charge in [-0.2, -0.15) is 0 Å². The van der Waals surface area contributed by atoms with E-state index in [0.29, 0.717) is 17.9 Å². The molecule has 1 rings (SSSR count). The second-order valence-electron chi connectivity index (χ2n) is 4.93. The quantitative estimate of drug-likeness (QED) is 0.558. The van der Waals surface area contributed by atoms with Gasteiger partial charge in [-0.15, -0.1) is 0 Å². The van der Waals surface area contributed by atoms with E-state index in [4.69, 9.17) is 9.47 Å². The van der Waals surface area contributed by atoms with Crippen molar-refractivity contribution in [3.05, 3.63) is 29.3 Å². The number of carbonyl (C=O) groups is 1. The summed E-state index contributed by atoms with van der Waals surface area (Å²) in [5, 5.41) is 9.74. The van der Waals surface area contributed by atoms with Gasteiger partial charge in [0.05, 0.1) is 6.61 Å². The van der Waals surface area contributed by atoms with E-state index < -0.39 is 6.10 Å². The summed E-state index contributed by atoms with van der Waals surface area (Å²) in [5.41, 5.74) is 1.55. The van der Waals surface area contributed by atoms with Crippen LogP contribution in [-0.4, -0.2) is 36.8 Å². The molecule has 0 fully saturated rings. The molecule has 4 heteroatoms. The smallest absolute Gasteiger partial charge is 0.159 e. The zero-order chi connectivity index (χ0) is 15.0. The van der Waals surface area contributed by atoms with Crippen LogP contribution < -0.4 is 4.74 Å². The summed E-state index contributed by atoms with van der Waals surface area (Å²) in [6.07, 6.45) is 1.44. The number of ketones is 1. The first-order chi connectivity index (χ1) is 9.54. The van der Waals surface area contributed by atoms with Crippen LogP contribution in [0.3, 0.4) is 0 Å². The molecule has 0 aliphatic carbocycles. The molecule has 20 heavy (non-hydrogen) atoms. The van der Waals surface area contributed by atoms with Crippen LogP contribution in [0.15, 0.2) is 18.2 Å². The maximum Gasteiger partial charge on any atom is 0.159 e. The maximum absolute atomic E-state index is 11.2. The highest BCUT2D eigenvalue weighted by molar-refractivity contribution is 5.94. The molecule has 0 radical (unpaired) electrons. The maximum atomic E-state index is 11.2. The Morgan fingerprint density at radius 2 is 2.10 bits per heavy atom. The van der Waals surface area contributed by atoms with Crippen molar-refractivity contribution in [3.8, 4) is 5.75 Å². The lowest BCUT2D eigenvalue weighted by Gasteiger charge is -2.14. The van der Waals surface area contributed by atoms with E-state index in [1.165, 1.54) is 6.92 Å². The van der Waals surface area contributed by atoms with Gasteiger partial charge in [-0.3, -0.25) is 4.79 Å². The lowest BCUT2D eigenvalue weighted by Crippen LogP contribution is -2.24. The van der Waals surface area contributed by atoms with Crippen LogP contribution in [0.1, 0.15) is 42.6 Å². The van der Waals surface area contributed by atoms with E-state index >= 15 is 0 Å². The first-order valence-electron chi connectivity index (χ1n) is 7.04. The van der Waals surface area contributed by atoms with Gasteiger partial charge in [0, 0.05) is 12.2 Å². The molecule has 112 valence electrons. The van der Waals surface area contributed by atoms with Crippen LogP contribution in [0.2, 0.25) is 0 Å². The summed E-state index contributed by atoms with van der Waals surface area (Å²) >= 11 is 0. The Hall–Kier alpha value is -1.39. The molecule has 1 unspecified atom stereocenters. The number of rotatable bonds is 9. The fourth-order valence-corrected chi connectivity index (χ4v) is 1.73. The molecule has 0 heterocycles. The van der Waals surface area contributed by atoms with Crippen molar-refractivity contribution >= 4 is 5.78 Å². The van der Waals surface area contributed by atoms with Crippen LogP contribution >= 0.6 is 0 Å². The van der Waals surface area contributed by atoms with E-state index in [9.17, 15) is 9.90 Å². The minimum absolute atomic E-state index is 0.0315. The van der Waals surface area contributed by atoms with Crippen LogP contribution in [0.4, 0.5) is 0 Å². The SMILES string of the molecule is CCCCOCC(O)COc1ccc(C(C)=O)cc1C. The summed E-state index contributed by atoms with van der Waals surface area (Å²) in [7, 11) is 0. The molecule has 1 atom stereocenters. The second kappa shape index (κ2) is 8.72. The molecule has 0 saturated carbocycles. The van der Waals surface area contributed by atoms with Crippen molar-refractivity contribution < 1.29 is 19.4 Å². The highest BCUT2D eigenvalue weighted by atomic mass is 16.5. The van der Waals surface area contributed by atoms with Gasteiger partial charge >= 0.3 is 0 Å². The van der Waals surface area contributed by atoms with Gasteiger partial charge in [-0.1, -0.05) is 13.3 Å². The number of unbranched alkanes of at least 4 members (excludes halogenated alkanes) is 1. The normalized spacial score (nSPS) is 12.2. The first kappa shape index (κ1) is 16.7. The Kier molecular flexibility index (Phi) is 7.26. The minimum atomic E-state index is -0.640. The predicted octanol–water partition coefficient (Wildman–Crippen LogP) is 2.75. The van der Waals surface area contributed by atoms with E-state index in [-0.39, 0.29) is 19.0 Å². The zero-order valence-corrected chi connectivity index (χ0v) is 12.5. The molecule has 0 bridgehead atoms. The van der Waals surface area contributed by atoms with E-state index in [1.807, 2.05) is 6.92 Å². The molecule has 1 aromatic carbocycles. The standard InChI is InChI=1S/C16H24O4/c1-4-5-8-19-10-15(18)11-20-16-7-6-14(13(3)17)9-12(16)2/h6-7,9,15,18H,4-5,8,10-11H2,1-3H3. The Morgan fingerprint density at radius 1 is 1.35 bits per heavy atom. The largest absolute Gasteiger partial charge is 0.491 e. The fraction of sp³-hybridized carbons (Fsp3) is 0.562. The van der Waals surface area contributed by atoms with Gasteiger partial charge in [-0.05, 0) is 44.0 Å². The summed E-state index contributed by atoms with van der Waals surface area (Å²) in [5.74, 6) is 0.714. The summed E-state index contributed by atoms with van der Waals surface area (Å²) in [4.78, 5) is 11.2. The van der Waals surface area contributed by atoms with Gasteiger partial charge in [-0.25, -0.2) is 0 Å². The molecular weight excluding hydrogens is 256 g/mol. The minimum Gasteiger partial charge on any atom is -0.491 e. The predicted molar refractivity (Wildman–Crippen MR) is 78.4 cm³/mol. The third kappa shape index (κ3) is 5.72. The molecule has 0 aliphatic rings. The van der Waals surface area contributed by atoms with Gasteiger partial charge in [0.15, 0.2) is 5.78 Å². The summed E-state index contributed by atoms with van der Waals surface area (Å²) in [6, 6.07) is 5.29. The second-order valence-corrected chi connectivity index (χ2v) is 4.93. The van der Waals surface area contributed by atoms with Crippen LogP contribution in [0.25, 0.3) is 0 Å². The lowest BCUT2D eigenvalue weighted by molar-refractivity contribution is 0.0112. The van der Waals surface area contributed by atoms with E-state index in [0.717, 1.165) is 18.4 Å². The molecule has 0 spiro atoms. The summed E-state index contributed by atoms with van der Waals surface area (Å²) in [6.45, 7) is 6.64. The molecule has 0 saturated heterocycles. The van der Waals surface area contributed by atoms with Crippen LogP contribution in [-0.2, 0) is 4.74 Å². The molecular formula is C16H24O4. The van der Waals surface area contributed by atoms with Crippen molar-refractivity contribution in [2.45, 2.75) is 39.7 Å². The van der Waals surface area contributed by atoms with Gasteiger partial charge < -0.3 is 14.6 Å². The van der Waals surface area contributed by atoms with Gasteiger partial charge in [0.1, 0.15) is 18.5 Å². The number of Topliss-reactive ketones (excluding diaryl/α,β-unsaturated/α-hetero) is 1. The molecule has 1 N–H and O–H groups in total. The Balaban J connectivity index is 2.39. The van der Waals surface area contributed by atoms with Gasteiger partial charge in [0.25, 0.3) is 0 Å². The number of hydrogen-bond acceptors (Lipinski definition) is 4. The Labute approximate surface area is 120 Å². The zero-order valence-electron chi connectivity index (χ0n) is 12.5. The number of hydrogen-bond donors (Lipinski definition) is 1. The van der Waals surface area contributed by atoms with Crippen molar-refractivity contribution in [1.82, 2.24) is 0 Å². The van der Waals surface area contributed by atoms with Gasteiger partial charge in [0.2, 0.25) is 0 Å². The lowest BCUT2D eigenvalue weighted by atomic mass is 10.1. The molecule has 4 nitrogen and oxygen atoms in total. The average Bonchev–Trinajstić information content (AvgIpc) is 2.42. The van der Waals surface area contributed by atoms with Crippen molar-refractivity contribution in [2.24, 2.45) is 0 Å². The first-order valence-corrected chi connectivity index (χ1v) is 7.04. The topological polar surface area (TPSA) is 55.8 Å². The monoisotopic (exact) mass is 280 g/mol. The van der Waals surface area contributed by atoms with Crippen molar-refractivity contribution in [2.75, 3.05) is 19.8 Å². The van der Waals surface area contributed by atoms with Crippen molar-refractivity contribution in [1.29, 1.82) is 0 Å². The number of aryl methyl sites for hydroxylation is 1. The molecule has 0 aromatic heterocycles. The number of benzene rings is 1. The molecule has 0 aliphatic heterocycles. The average molecular weight is 280 g/mol. The molecule has 1 aromatic rings. The van der Waals surface area contributed by atoms with E-state index in [1.54, 1.807) is 18.2 Å². The number of carbonyl (C=O) groups excluding carboxylic acids is 1. The summed E-state index contributed by atoms with van der Waals surface area (Å²) < 4.78 is 10.9. The number of aliphatic hydroxyl groups is 1. The highest BCUT2D eigenvalue weighted by Gasteiger charge is 2.08. The fourth-order valence-electron chi connectivity index (χ4n) is 1.73. The van der Waals surface area contributed by atoms with Crippen molar-refractivity contribution in [3.63, 3.8) is 0 Å². The van der Waals surface area contributed by atoms with Crippen LogP contribution in [0, 0.1) is 6.92 Å². The Bertz CT molecular complexity index is 428. The highest BCUT2D eigenvalue weighted by Crippen LogP contribution is 2.19. The number of ether oxygens (including phenoxy) is 2. The Morgan fingerprint density at radius 3 is 2.70 bits per heavy atom. The van der Waals surface area contributed by atoms with E-state index in [2.05, 4.69) is 6.92 Å². The number of aliphatic hydroxyl groups excluding tert-OH is 1.